The summed E-state index contributed by atoms with van der Waals surface area (Å²) >= 11 is 0. The van der Waals surface area contributed by atoms with E-state index in [1.807, 2.05) is 0 Å². The van der Waals surface area contributed by atoms with E-state index in [2.05, 4.69) is 12.2 Å². The van der Waals surface area contributed by atoms with Gasteiger partial charge >= 0.3 is 0 Å². The van der Waals surface area contributed by atoms with Crippen molar-refractivity contribution >= 4 is 0 Å². The second-order valence-electron chi connectivity index (χ2n) is 2.72. The molecule has 2 rings (SSSR count). The summed E-state index contributed by atoms with van der Waals surface area (Å²) in [5.74, 6) is 1.98. The first-order valence-corrected chi connectivity index (χ1v) is 3.13. The molecule has 0 N–H and O–H groups in total. The zero-order chi connectivity index (χ0) is 4.69. The van der Waals surface area contributed by atoms with E-state index in [0.29, 0.717) is 0 Å². The summed E-state index contributed by atoms with van der Waals surface area (Å²) < 4.78 is 0. The Hall–Kier alpha value is 0.610. The van der Waals surface area contributed by atoms with Gasteiger partial charge in [-0.05, 0) is 31.1 Å². The van der Waals surface area contributed by atoms with E-state index in [1.165, 1.54) is 19.3 Å². The Morgan fingerprint density at radius 2 is 1.20 bits per heavy atom. The van der Waals surface area contributed by atoms with Crippen molar-refractivity contribution in [2.75, 3.05) is 0 Å². The molecule has 0 aromatic rings. The number of fused-ring (bicyclic) bond motifs is 2. The average Bonchev–Trinajstić information content (AvgIpc) is 2.22. The van der Waals surface area contributed by atoms with Crippen LogP contribution in [0.15, 0.2) is 12.2 Å². The van der Waals surface area contributed by atoms with E-state index in [1.54, 1.807) is 0 Å². The highest BCUT2D eigenvalue weighted by Crippen LogP contribution is 2.38. The lowest BCUT2D eigenvalue weighted by Gasteiger charge is -1.96. The smallest absolute Gasteiger partial charge is 0.0228 e. The van der Waals surface area contributed by atoms with E-state index in [9.17, 15) is 0 Å². The Labute approximate surface area is 80.7 Å². The summed E-state index contributed by atoms with van der Waals surface area (Å²) in [5, 5.41) is 0. The van der Waals surface area contributed by atoms with Crippen LogP contribution in [0.5, 0.6) is 0 Å². The molecule has 3 heteroatoms. The molecule has 1 fully saturated rings. The highest BCUT2D eigenvalue weighted by atomic mass is 35.5. The minimum absolute atomic E-state index is 0. The fourth-order valence-electron chi connectivity index (χ4n) is 1.72. The monoisotopic (exact) mass is 199 g/mol. The van der Waals surface area contributed by atoms with Crippen molar-refractivity contribution in [3.8, 4) is 0 Å². The Bertz CT molecular complexity index is 99.4. The van der Waals surface area contributed by atoms with Gasteiger partial charge in [-0.2, -0.15) is 0 Å². The SMILES string of the molecule is C1=CC2CCC1C2.[Cl-].[Cl-].[Cl-]. The maximum absolute atomic E-state index is 2.38. The van der Waals surface area contributed by atoms with Crippen LogP contribution in [0.3, 0.4) is 0 Å². The third-order valence-electron chi connectivity index (χ3n) is 2.17. The molecule has 0 radical (unpaired) electrons. The summed E-state index contributed by atoms with van der Waals surface area (Å²) in [4.78, 5) is 0. The lowest BCUT2D eigenvalue weighted by Crippen LogP contribution is -3.00. The molecule has 1 saturated carbocycles. The standard InChI is InChI=1S/C7H10.3ClH/c1-2-7-4-3-6(1)5-7;;;/h1-2,6-7H,3-5H2;3*1H/p-3. The van der Waals surface area contributed by atoms with Crippen LogP contribution in [0.4, 0.5) is 0 Å². The molecule has 0 nitrogen and oxygen atoms in total. The van der Waals surface area contributed by atoms with E-state index in [-0.39, 0.29) is 37.2 Å². The fraction of sp³-hybridized carbons (Fsp3) is 0.714. The molecule has 0 spiro atoms. The first kappa shape index (κ1) is 13.2. The highest BCUT2D eigenvalue weighted by Gasteiger charge is 2.25. The van der Waals surface area contributed by atoms with Crippen LogP contribution in [-0.4, -0.2) is 0 Å². The zero-order valence-corrected chi connectivity index (χ0v) is 7.83. The average molecular weight is 201 g/mol. The van der Waals surface area contributed by atoms with Crippen molar-refractivity contribution in [3.63, 3.8) is 0 Å². The maximum Gasteiger partial charge on any atom is -0.0228 e. The summed E-state index contributed by atoms with van der Waals surface area (Å²) in [6.45, 7) is 0. The second-order valence-corrected chi connectivity index (χ2v) is 2.72. The predicted molar refractivity (Wildman–Crippen MR) is 30.0 cm³/mol. The van der Waals surface area contributed by atoms with Crippen LogP contribution in [0, 0.1) is 11.8 Å². The molecule has 62 valence electrons. The van der Waals surface area contributed by atoms with Gasteiger partial charge in [-0.1, -0.05) is 12.2 Å². The summed E-state index contributed by atoms with van der Waals surface area (Å²) in [7, 11) is 0. The Morgan fingerprint density at radius 3 is 1.30 bits per heavy atom. The van der Waals surface area contributed by atoms with Gasteiger partial charge in [-0.3, -0.25) is 0 Å². The van der Waals surface area contributed by atoms with E-state index >= 15 is 0 Å². The van der Waals surface area contributed by atoms with Gasteiger partial charge in [0.25, 0.3) is 0 Å². The van der Waals surface area contributed by atoms with Crippen LogP contribution in [0.2, 0.25) is 0 Å². The zero-order valence-electron chi connectivity index (χ0n) is 5.56. The summed E-state index contributed by atoms with van der Waals surface area (Å²) in [6.07, 6.45) is 9.19. The number of allylic oxidation sites excluding steroid dienone is 2. The molecule has 2 atom stereocenters. The molecule has 2 aliphatic carbocycles. The molecule has 0 amide bonds. The van der Waals surface area contributed by atoms with E-state index in [0.717, 1.165) is 11.8 Å². The van der Waals surface area contributed by atoms with Gasteiger partial charge in [0.15, 0.2) is 0 Å². The van der Waals surface area contributed by atoms with Gasteiger partial charge in [-0.25, -0.2) is 0 Å². The molecular formula is C7H10Cl3-3. The number of hydrogen-bond donors (Lipinski definition) is 0. The van der Waals surface area contributed by atoms with Crippen LogP contribution >= 0.6 is 0 Å². The molecule has 0 aromatic carbocycles. The van der Waals surface area contributed by atoms with Gasteiger partial charge in [0.2, 0.25) is 0 Å². The third kappa shape index (κ3) is 2.34. The molecule has 0 aromatic heterocycles. The topological polar surface area (TPSA) is 0 Å². The second kappa shape index (κ2) is 5.29. The molecule has 0 heterocycles. The van der Waals surface area contributed by atoms with Crippen LogP contribution < -0.4 is 37.2 Å². The first-order chi connectivity index (χ1) is 3.45. The molecule has 0 saturated heterocycles. The van der Waals surface area contributed by atoms with Gasteiger partial charge in [0, 0.05) is 0 Å². The highest BCUT2D eigenvalue weighted by molar-refractivity contribution is 5.06. The summed E-state index contributed by atoms with van der Waals surface area (Å²) in [6, 6.07) is 0. The number of rotatable bonds is 0. The quantitative estimate of drug-likeness (QED) is 0.341. The van der Waals surface area contributed by atoms with Crippen molar-refractivity contribution < 1.29 is 37.2 Å². The van der Waals surface area contributed by atoms with E-state index < -0.39 is 0 Å². The molecule has 2 bridgehead atoms. The van der Waals surface area contributed by atoms with Gasteiger partial charge in [-0.15, -0.1) is 0 Å². The molecule has 0 aliphatic heterocycles. The number of halogens is 3. The fourth-order valence-corrected chi connectivity index (χ4v) is 1.72. The largest absolute Gasteiger partial charge is 1.00 e. The van der Waals surface area contributed by atoms with Crippen molar-refractivity contribution in [3.05, 3.63) is 12.2 Å². The lowest BCUT2D eigenvalue weighted by atomic mass is 10.1. The molecule has 2 unspecified atom stereocenters. The molecule has 2 aliphatic rings. The van der Waals surface area contributed by atoms with Crippen molar-refractivity contribution in [1.29, 1.82) is 0 Å². The minimum atomic E-state index is 0. The number of hydrogen-bond acceptors (Lipinski definition) is 0. The third-order valence-corrected chi connectivity index (χ3v) is 2.17. The van der Waals surface area contributed by atoms with Crippen LogP contribution in [0.25, 0.3) is 0 Å². The van der Waals surface area contributed by atoms with Crippen molar-refractivity contribution in [1.82, 2.24) is 0 Å². The van der Waals surface area contributed by atoms with Crippen molar-refractivity contribution in [2.45, 2.75) is 19.3 Å². The maximum atomic E-state index is 2.38. The summed E-state index contributed by atoms with van der Waals surface area (Å²) in [5.41, 5.74) is 0. The van der Waals surface area contributed by atoms with Crippen LogP contribution in [0.1, 0.15) is 19.3 Å². The normalized spacial score (nSPS) is 32.0. The first-order valence-electron chi connectivity index (χ1n) is 3.13. The molecule has 10 heavy (non-hydrogen) atoms. The van der Waals surface area contributed by atoms with Gasteiger partial charge in [0.05, 0.1) is 0 Å². The molecular weight excluding hydrogens is 190 g/mol. The predicted octanol–water partition coefficient (Wildman–Crippen LogP) is -7.02. The lowest BCUT2D eigenvalue weighted by molar-refractivity contribution is -0.00100. The van der Waals surface area contributed by atoms with Crippen LogP contribution in [-0.2, 0) is 0 Å². The van der Waals surface area contributed by atoms with Crippen molar-refractivity contribution in [2.24, 2.45) is 11.8 Å². The van der Waals surface area contributed by atoms with Gasteiger partial charge in [0.1, 0.15) is 0 Å². The Kier molecular flexibility index (Phi) is 6.99. The minimum Gasteiger partial charge on any atom is -1.00 e. The Morgan fingerprint density at radius 1 is 0.800 bits per heavy atom. The van der Waals surface area contributed by atoms with E-state index in [4.69, 9.17) is 0 Å². The Balaban J connectivity index is 0. The van der Waals surface area contributed by atoms with Gasteiger partial charge < -0.3 is 37.2 Å².